The number of nitrogens with zero attached hydrogens (tertiary/aromatic N) is 1. The number of para-hydroxylation sites is 1. The standard InChI is InChI=1S/C29H37FN4O4/c30-25-8-5-21(6-9-25)19-38-20-28(36)31-13-11-22-12-15-34(29(37)32-14-16-35)18-24(22)7-10-26-17-23-3-1-2-4-27(23)33-26/h1-6,8-9,17,22,24,33,35H,7,10-16,18-20H2,(H,31,36)(H,32,37). The lowest BCUT2D eigenvalue weighted by Crippen LogP contribution is -2.49. The Labute approximate surface area is 222 Å². The van der Waals surface area contributed by atoms with Crippen LogP contribution in [0.1, 0.15) is 30.5 Å². The predicted octanol–water partition coefficient (Wildman–Crippen LogP) is 3.60. The Kier molecular flexibility index (Phi) is 10.1. The zero-order valence-electron chi connectivity index (χ0n) is 21.6. The van der Waals surface area contributed by atoms with Crippen molar-refractivity contribution < 1.29 is 23.8 Å². The molecule has 1 aliphatic heterocycles. The van der Waals surface area contributed by atoms with Gasteiger partial charge in [-0.2, -0.15) is 0 Å². The number of likely N-dealkylation sites (tertiary alicyclic amines) is 1. The lowest BCUT2D eigenvalue weighted by molar-refractivity contribution is -0.126. The van der Waals surface area contributed by atoms with Gasteiger partial charge < -0.3 is 30.4 Å². The molecule has 4 N–H and O–H groups in total. The number of hydrogen-bond donors (Lipinski definition) is 4. The molecule has 1 aromatic heterocycles. The van der Waals surface area contributed by atoms with Crippen LogP contribution in [0.15, 0.2) is 54.6 Å². The smallest absolute Gasteiger partial charge is 0.317 e. The van der Waals surface area contributed by atoms with E-state index in [4.69, 9.17) is 9.84 Å². The van der Waals surface area contributed by atoms with Crippen molar-refractivity contribution in [2.75, 3.05) is 39.4 Å². The highest BCUT2D eigenvalue weighted by Crippen LogP contribution is 2.30. The van der Waals surface area contributed by atoms with E-state index >= 15 is 0 Å². The first-order valence-corrected chi connectivity index (χ1v) is 13.3. The third-order valence-electron chi connectivity index (χ3n) is 7.19. The molecular weight excluding hydrogens is 487 g/mol. The van der Waals surface area contributed by atoms with Gasteiger partial charge in [-0.1, -0.05) is 30.3 Å². The second-order valence-electron chi connectivity index (χ2n) is 9.89. The number of benzene rings is 2. The molecular formula is C29H37FN4O4. The number of piperidine rings is 1. The number of carbonyl (C=O) groups is 2. The van der Waals surface area contributed by atoms with Crippen molar-refractivity contribution in [3.63, 3.8) is 0 Å². The average molecular weight is 525 g/mol. The zero-order valence-corrected chi connectivity index (χ0v) is 21.6. The van der Waals surface area contributed by atoms with Crippen molar-refractivity contribution in [3.8, 4) is 0 Å². The summed E-state index contributed by atoms with van der Waals surface area (Å²) in [6, 6.07) is 16.3. The summed E-state index contributed by atoms with van der Waals surface area (Å²) in [5, 5.41) is 16.0. The number of nitrogens with one attached hydrogen (secondary N) is 3. The van der Waals surface area contributed by atoms with Crippen molar-refractivity contribution in [2.24, 2.45) is 11.8 Å². The molecule has 0 radical (unpaired) electrons. The van der Waals surface area contributed by atoms with Gasteiger partial charge in [0.1, 0.15) is 12.4 Å². The number of carbonyl (C=O) groups excluding carboxylic acids is 2. The fourth-order valence-corrected chi connectivity index (χ4v) is 5.15. The van der Waals surface area contributed by atoms with Crippen LogP contribution in [-0.4, -0.2) is 66.3 Å². The molecule has 0 aliphatic carbocycles. The second kappa shape index (κ2) is 13.9. The summed E-state index contributed by atoms with van der Waals surface area (Å²) in [6.45, 7) is 2.21. The normalized spacial score (nSPS) is 17.5. The van der Waals surface area contributed by atoms with Gasteiger partial charge in [0.2, 0.25) is 5.91 Å². The monoisotopic (exact) mass is 524 g/mol. The van der Waals surface area contributed by atoms with E-state index in [1.165, 1.54) is 23.2 Å². The Morgan fingerprint density at radius 1 is 1.05 bits per heavy atom. The van der Waals surface area contributed by atoms with E-state index in [1.54, 1.807) is 12.1 Å². The largest absolute Gasteiger partial charge is 0.395 e. The van der Waals surface area contributed by atoms with Crippen LogP contribution in [0.4, 0.5) is 9.18 Å². The minimum atomic E-state index is -0.303. The molecule has 0 bridgehead atoms. The van der Waals surface area contributed by atoms with Gasteiger partial charge in [-0.15, -0.1) is 0 Å². The molecule has 4 rings (SSSR count). The Hall–Kier alpha value is -3.43. The van der Waals surface area contributed by atoms with E-state index < -0.39 is 0 Å². The number of hydrogen-bond acceptors (Lipinski definition) is 4. The van der Waals surface area contributed by atoms with Gasteiger partial charge in [0.25, 0.3) is 0 Å². The van der Waals surface area contributed by atoms with E-state index in [-0.39, 0.29) is 44.1 Å². The summed E-state index contributed by atoms with van der Waals surface area (Å²) in [4.78, 5) is 30.1. The zero-order chi connectivity index (χ0) is 26.7. The number of aliphatic hydroxyl groups excluding tert-OH is 1. The lowest BCUT2D eigenvalue weighted by atomic mass is 9.80. The summed E-state index contributed by atoms with van der Waals surface area (Å²) in [5.41, 5.74) is 3.11. The number of aryl methyl sites for hydroxylation is 1. The van der Waals surface area contributed by atoms with Crippen LogP contribution in [0.5, 0.6) is 0 Å². The van der Waals surface area contributed by atoms with Crippen LogP contribution in [0.3, 0.4) is 0 Å². The van der Waals surface area contributed by atoms with Crippen molar-refractivity contribution in [1.82, 2.24) is 20.5 Å². The lowest BCUT2D eigenvalue weighted by Gasteiger charge is -2.39. The van der Waals surface area contributed by atoms with E-state index in [0.29, 0.717) is 31.5 Å². The molecule has 2 unspecified atom stereocenters. The highest BCUT2D eigenvalue weighted by Gasteiger charge is 2.31. The van der Waals surface area contributed by atoms with E-state index in [9.17, 15) is 14.0 Å². The van der Waals surface area contributed by atoms with Gasteiger partial charge in [0.05, 0.1) is 13.2 Å². The Morgan fingerprint density at radius 2 is 1.87 bits per heavy atom. The van der Waals surface area contributed by atoms with Crippen LogP contribution in [-0.2, 0) is 22.6 Å². The fraction of sp³-hybridized carbons (Fsp3) is 0.448. The van der Waals surface area contributed by atoms with Gasteiger partial charge in [0, 0.05) is 37.4 Å². The molecule has 1 aliphatic rings. The third kappa shape index (κ3) is 8.03. The van der Waals surface area contributed by atoms with Gasteiger partial charge >= 0.3 is 6.03 Å². The third-order valence-corrected chi connectivity index (χ3v) is 7.19. The molecule has 9 heteroatoms. The van der Waals surface area contributed by atoms with Crippen LogP contribution >= 0.6 is 0 Å². The van der Waals surface area contributed by atoms with Crippen LogP contribution in [0.25, 0.3) is 10.9 Å². The highest BCUT2D eigenvalue weighted by molar-refractivity contribution is 5.80. The quantitative estimate of drug-likeness (QED) is 0.290. The summed E-state index contributed by atoms with van der Waals surface area (Å²) < 4.78 is 18.5. The SMILES string of the molecule is O=C(COCc1ccc(F)cc1)NCCC1CCN(C(=O)NCCO)CC1CCc1cc2ccccc2[nH]1. The second-order valence-corrected chi connectivity index (χ2v) is 9.89. The number of H-pyrrole nitrogens is 1. The summed E-state index contributed by atoms with van der Waals surface area (Å²) in [6.07, 6.45) is 3.50. The summed E-state index contributed by atoms with van der Waals surface area (Å²) in [7, 11) is 0. The van der Waals surface area contributed by atoms with Crippen molar-refractivity contribution in [3.05, 3.63) is 71.7 Å². The molecule has 204 valence electrons. The molecule has 2 atom stereocenters. The van der Waals surface area contributed by atoms with Crippen molar-refractivity contribution >= 4 is 22.8 Å². The van der Waals surface area contributed by atoms with E-state index in [0.717, 1.165) is 36.8 Å². The molecule has 1 saturated heterocycles. The topological polar surface area (TPSA) is 107 Å². The first-order valence-electron chi connectivity index (χ1n) is 13.3. The number of aromatic nitrogens is 1. The molecule has 3 aromatic rings. The minimum absolute atomic E-state index is 0.0509. The number of fused-ring (bicyclic) bond motifs is 1. The van der Waals surface area contributed by atoms with Gasteiger partial charge in [-0.3, -0.25) is 4.79 Å². The molecule has 2 aromatic carbocycles. The summed E-state index contributed by atoms with van der Waals surface area (Å²) >= 11 is 0. The average Bonchev–Trinajstić information content (AvgIpc) is 3.35. The minimum Gasteiger partial charge on any atom is -0.395 e. The molecule has 38 heavy (non-hydrogen) atoms. The number of aliphatic hydroxyl groups is 1. The van der Waals surface area contributed by atoms with E-state index in [2.05, 4.69) is 33.8 Å². The fourth-order valence-electron chi connectivity index (χ4n) is 5.15. The highest BCUT2D eigenvalue weighted by atomic mass is 19.1. The first-order chi connectivity index (χ1) is 18.5. The first kappa shape index (κ1) is 27.6. The number of aromatic amines is 1. The van der Waals surface area contributed by atoms with Crippen molar-refractivity contribution in [2.45, 2.75) is 32.3 Å². The number of halogens is 1. The van der Waals surface area contributed by atoms with Crippen LogP contribution < -0.4 is 10.6 Å². The number of ether oxygens (including phenoxy) is 1. The Balaban J connectivity index is 1.26. The maximum absolute atomic E-state index is 13.0. The van der Waals surface area contributed by atoms with Crippen LogP contribution in [0.2, 0.25) is 0 Å². The number of rotatable bonds is 12. The Bertz CT molecular complexity index is 1150. The van der Waals surface area contributed by atoms with Gasteiger partial charge in [-0.25, -0.2) is 9.18 Å². The van der Waals surface area contributed by atoms with Crippen molar-refractivity contribution in [1.29, 1.82) is 0 Å². The molecule has 2 heterocycles. The maximum atomic E-state index is 13.0. The maximum Gasteiger partial charge on any atom is 0.317 e. The number of amides is 3. The molecule has 0 saturated carbocycles. The predicted molar refractivity (Wildman–Crippen MR) is 144 cm³/mol. The van der Waals surface area contributed by atoms with E-state index in [1.807, 2.05) is 17.0 Å². The molecule has 0 spiro atoms. The summed E-state index contributed by atoms with van der Waals surface area (Å²) in [5.74, 6) is 0.189. The van der Waals surface area contributed by atoms with Gasteiger partial charge in [-0.05, 0) is 72.7 Å². The molecule has 1 fully saturated rings. The van der Waals surface area contributed by atoms with Gasteiger partial charge in [0.15, 0.2) is 0 Å². The number of urea groups is 1. The Morgan fingerprint density at radius 3 is 2.66 bits per heavy atom. The molecule has 8 nitrogen and oxygen atoms in total. The molecule has 3 amide bonds. The van der Waals surface area contributed by atoms with Crippen LogP contribution in [0, 0.1) is 17.7 Å².